The van der Waals surface area contributed by atoms with Gasteiger partial charge >= 0.3 is 0 Å². The Morgan fingerprint density at radius 1 is 1.33 bits per heavy atom. The summed E-state index contributed by atoms with van der Waals surface area (Å²) in [6, 6.07) is 6.98. The lowest BCUT2D eigenvalue weighted by molar-refractivity contribution is -0.124. The largest absolute Gasteiger partial charge is 0.508 e. The Labute approximate surface area is 109 Å². The fourth-order valence-electron chi connectivity index (χ4n) is 1.66. The number of aromatic hydroxyl groups is 1. The number of phenols is 1. The van der Waals surface area contributed by atoms with Crippen LogP contribution in [-0.2, 0) is 11.2 Å². The Morgan fingerprint density at radius 3 is 2.50 bits per heavy atom. The van der Waals surface area contributed by atoms with E-state index < -0.39 is 0 Å². The highest BCUT2D eigenvalue weighted by Crippen LogP contribution is 2.13. The van der Waals surface area contributed by atoms with Crippen LogP contribution in [0, 0.1) is 5.92 Å². The smallest absolute Gasteiger partial charge is 0.223 e. The third-order valence-corrected chi connectivity index (χ3v) is 2.78. The molecule has 1 atom stereocenters. The van der Waals surface area contributed by atoms with E-state index in [4.69, 9.17) is 0 Å². The molecule has 18 heavy (non-hydrogen) atoms. The van der Waals surface area contributed by atoms with Crippen molar-refractivity contribution in [2.75, 3.05) is 27.2 Å². The minimum atomic E-state index is -0.0586. The van der Waals surface area contributed by atoms with Crippen LogP contribution in [0.3, 0.4) is 0 Å². The van der Waals surface area contributed by atoms with E-state index in [-0.39, 0.29) is 17.6 Å². The minimum Gasteiger partial charge on any atom is -0.508 e. The number of hydrogen-bond acceptors (Lipinski definition) is 3. The number of nitrogens with zero attached hydrogens (tertiary/aromatic N) is 1. The zero-order chi connectivity index (χ0) is 13.5. The molecule has 100 valence electrons. The summed E-state index contributed by atoms with van der Waals surface area (Å²) in [5.41, 5.74) is 1.06. The average Bonchev–Trinajstić information content (AvgIpc) is 2.31. The van der Waals surface area contributed by atoms with Crippen LogP contribution in [0.1, 0.15) is 12.5 Å². The summed E-state index contributed by atoms with van der Waals surface area (Å²) in [6.07, 6.45) is 0.689. The van der Waals surface area contributed by atoms with Crippen LogP contribution in [0.5, 0.6) is 5.75 Å². The molecule has 0 aliphatic rings. The van der Waals surface area contributed by atoms with Gasteiger partial charge in [-0.1, -0.05) is 19.1 Å². The maximum Gasteiger partial charge on any atom is 0.223 e. The predicted octanol–water partition coefficient (Wildman–Crippen LogP) is 1.25. The Balaban J connectivity index is 2.37. The van der Waals surface area contributed by atoms with Gasteiger partial charge in [-0.15, -0.1) is 0 Å². The number of carbonyl (C=O) groups excluding carboxylic acids is 1. The Morgan fingerprint density at radius 2 is 1.94 bits per heavy atom. The number of phenolic OH excluding ortho intramolecular Hbond substituents is 1. The number of likely N-dealkylation sites (N-methyl/N-ethyl adjacent to an activating group) is 1. The summed E-state index contributed by atoms with van der Waals surface area (Å²) in [4.78, 5) is 13.8. The monoisotopic (exact) mass is 250 g/mol. The van der Waals surface area contributed by atoms with E-state index >= 15 is 0 Å². The molecule has 1 aromatic rings. The normalized spacial score (nSPS) is 12.4. The minimum absolute atomic E-state index is 0.0586. The third-order valence-electron chi connectivity index (χ3n) is 2.78. The highest BCUT2D eigenvalue weighted by molar-refractivity contribution is 5.78. The van der Waals surface area contributed by atoms with Crippen molar-refractivity contribution in [2.45, 2.75) is 13.3 Å². The molecular formula is C14H22N2O2. The van der Waals surface area contributed by atoms with Gasteiger partial charge < -0.3 is 15.3 Å². The number of carbonyl (C=O) groups is 1. The molecule has 0 saturated carbocycles. The molecule has 2 N–H and O–H groups in total. The maximum atomic E-state index is 11.8. The number of nitrogens with one attached hydrogen (secondary N) is 1. The van der Waals surface area contributed by atoms with Crippen LogP contribution in [0.2, 0.25) is 0 Å². The van der Waals surface area contributed by atoms with Crippen molar-refractivity contribution >= 4 is 5.91 Å². The Hall–Kier alpha value is -1.55. The first-order chi connectivity index (χ1) is 8.49. The van der Waals surface area contributed by atoms with Crippen LogP contribution in [0.15, 0.2) is 24.3 Å². The van der Waals surface area contributed by atoms with Gasteiger partial charge in [-0.05, 0) is 38.2 Å². The topological polar surface area (TPSA) is 52.6 Å². The molecule has 4 heteroatoms. The van der Waals surface area contributed by atoms with E-state index in [9.17, 15) is 9.90 Å². The van der Waals surface area contributed by atoms with E-state index in [0.717, 1.165) is 12.1 Å². The van der Waals surface area contributed by atoms with E-state index in [0.29, 0.717) is 13.0 Å². The molecule has 0 heterocycles. The second kappa shape index (κ2) is 7.01. The van der Waals surface area contributed by atoms with Crippen LogP contribution in [0.25, 0.3) is 0 Å². The summed E-state index contributed by atoms with van der Waals surface area (Å²) in [5, 5.41) is 12.1. The second-order valence-corrected chi connectivity index (χ2v) is 4.87. The zero-order valence-electron chi connectivity index (χ0n) is 11.3. The molecule has 0 aliphatic carbocycles. The number of rotatable bonds is 6. The number of benzene rings is 1. The van der Waals surface area contributed by atoms with Gasteiger partial charge in [0.25, 0.3) is 0 Å². The standard InChI is InChI=1S/C14H22N2O2/c1-11(14(18)15-8-9-16(2)3)10-12-4-6-13(17)7-5-12/h4-7,11,17H,8-10H2,1-3H3,(H,15,18)/t11-/m0/s1. The summed E-state index contributed by atoms with van der Waals surface area (Å²) < 4.78 is 0. The fourth-order valence-corrected chi connectivity index (χ4v) is 1.66. The molecule has 0 aliphatic heterocycles. The summed E-state index contributed by atoms with van der Waals surface area (Å²) in [7, 11) is 3.96. The molecule has 4 nitrogen and oxygen atoms in total. The van der Waals surface area contributed by atoms with E-state index in [1.54, 1.807) is 12.1 Å². The lowest BCUT2D eigenvalue weighted by Crippen LogP contribution is -2.35. The van der Waals surface area contributed by atoms with Gasteiger partial charge in [-0.2, -0.15) is 0 Å². The second-order valence-electron chi connectivity index (χ2n) is 4.87. The molecule has 0 unspecified atom stereocenters. The molecule has 0 bridgehead atoms. The lowest BCUT2D eigenvalue weighted by atomic mass is 10.0. The molecule has 1 rings (SSSR count). The van der Waals surface area contributed by atoms with Crippen LogP contribution < -0.4 is 5.32 Å². The van der Waals surface area contributed by atoms with E-state index in [1.165, 1.54) is 0 Å². The van der Waals surface area contributed by atoms with Gasteiger partial charge in [0.1, 0.15) is 5.75 Å². The molecular weight excluding hydrogens is 228 g/mol. The first-order valence-corrected chi connectivity index (χ1v) is 6.19. The summed E-state index contributed by atoms with van der Waals surface area (Å²) in [6.45, 7) is 3.43. The molecule has 1 aromatic carbocycles. The zero-order valence-corrected chi connectivity index (χ0v) is 11.3. The summed E-state index contributed by atoms with van der Waals surface area (Å²) in [5.74, 6) is 0.267. The van der Waals surface area contributed by atoms with Crippen molar-refractivity contribution < 1.29 is 9.90 Å². The average molecular weight is 250 g/mol. The predicted molar refractivity (Wildman–Crippen MR) is 72.5 cm³/mol. The van der Waals surface area contributed by atoms with Gasteiger partial charge in [0.15, 0.2) is 0 Å². The first-order valence-electron chi connectivity index (χ1n) is 6.19. The quantitative estimate of drug-likeness (QED) is 0.799. The Kier molecular flexibility index (Phi) is 5.65. The van der Waals surface area contributed by atoms with E-state index in [1.807, 2.05) is 38.1 Å². The first kappa shape index (κ1) is 14.5. The molecule has 0 spiro atoms. The van der Waals surface area contributed by atoms with Crippen molar-refractivity contribution in [3.05, 3.63) is 29.8 Å². The van der Waals surface area contributed by atoms with Crippen molar-refractivity contribution in [3.63, 3.8) is 0 Å². The molecule has 0 saturated heterocycles. The van der Waals surface area contributed by atoms with E-state index in [2.05, 4.69) is 5.32 Å². The van der Waals surface area contributed by atoms with Gasteiger partial charge in [-0.3, -0.25) is 4.79 Å². The highest BCUT2D eigenvalue weighted by Gasteiger charge is 2.12. The van der Waals surface area contributed by atoms with Gasteiger partial charge in [0.2, 0.25) is 5.91 Å². The molecule has 1 amide bonds. The van der Waals surface area contributed by atoms with Crippen molar-refractivity contribution in [2.24, 2.45) is 5.92 Å². The van der Waals surface area contributed by atoms with Crippen molar-refractivity contribution in [1.29, 1.82) is 0 Å². The van der Waals surface area contributed by atoms with Gasteiger partial charge in [0, 0.05) is 19.0 Å². The van der Waals surface area contributed by atoms with Gasteiger partial charge in [0.05, 0.1) is 0 Å². The maximum absolute atomic E-state index is 11.8. The number of hydrogen-bond donors (Lipinski definition) is 2. The SMILES string of the molecule is C[C@@H](Cc1ccc(O)cc1)C(=O)NCCN(C)C. The van der Waals surface area contributed by atoms with Crippen molar-refractivity contribution in [3.8, 4) is 5.75 Å². The fraction of sp³-hybridized carbons (Fsp3) is 0.500. The van der Waals surface area contributed by atoms with Crippen LogP contribution in [-0.4, -0.2) is 43.1 Å². The molecule has 0 fully saturated rings. The van der Waals surface area contributed by atoms with Crippen molar-refractivity contribution in [1.82, 2.24) is 10.2 Å². The number of amides is 1. The van der Waals surface area contributed by atoms with Gasteiger partial charge in [-0.25, -0.2) is 0 Å². The lowest BCUT2D eigenvalue weighted by Gasteiger charge is -2.14. The highest BCUT2D eigenvalue weighted by atomic mass is 16.3. The molecule has 0 aromatic heterocycles. The third kappa shape index (κ3) is 5.19. The Bertz CT molecular complexity index is 374. The van der Waals surface area contributed by atoms with Crippen LogP contribution >= 0.6 is 0 Å². The molecule has 0 radical (unpaired) electrons. The van der Waals surface area contributed by atoms with Crippen LogP contribution in [0.4, 0.5) is 0 Å². The summed E-state index contributed by atoms with van der Waals surface area (Å²) >= 11 is 0.